The van der Waals surface area contributed by atoms with Crippen molar-refractivity contribution in [3.05, 3.63) is 66.5 Å². The van der Waals surface area contributed by atoms with Gasteiger partial charge >= 0.3 is 0 Å². The molecule has 2 heterocycles. The normalized spacial score (nSPS) is 16.2. The van der Waals surface area contributed by atoms with Gasteiger partial charge in [0.15, 0.2) is 0 Å². The van der Waals surface area contributed by atoms with Crippen LogP contribution in [0.5, 0.6) is 5.75 Å². The Morgan fingerprint density at radius 1 is 1.13 bits per heavy atom. The number of aromatic nitrogens is 2. The fourth-order valence-electron chi connectivity index (χ4n) is 3.37. The van der Waals surface area contributed by atoms with Gasteiger partial charge in [0.25, 0.3) is 5.91 Å². The van der Waals surface area contributed by atoms with Crippen LogP contribution in [0, 0.1) is 0 Å². The quantitative estimate of drug-likeness (QED) is 0.698. The van der Waals surface area contributed by atoms with Gasteiger partial charge in [0.1, 0.15) is 5.75 Å². The van der Waals surface area contributed by atoms with E-state index in [1.165, 1.54) is 0 Å². The van der Waals surface area contributed by atoms with Crippen molar-refractivity contribution in [2.45, 2.75) is 13.0 Å². The summed E-state index contributed by atoms with van der Waals surface area (Å²) in [5.74, 6) is 1.28. The Bertz CT molecular complexity index is 1010. The molecule has 1 amide bonds. The van der Waals surface area contributed by atoms with Gasteiger partial charge in [-0.15, -0.1) is 0 Å². The molecule has 0 saturated carbocycles. The second-order valence-electron chi connectivity index (χ2n) is 7.16. The van der Waals surface area contributed by atoms with Crippen LogP contribution >= 0.6 is 0 Å². The van der Waals surface area contributed by atoms with Gasteiger partial charge in [-0.1, -0.05) is 18.2 Å². The van der Waals surface area contributed by atoms with Crippen LogP contribution in [0.25, 0.3) is 11.1 Å². The number of carbonyl (C=O) groups excluding carboxylic acids is 1. The van der Waals surface area contributed by atoms with Crippen molar-refractivity contribution in [3.63, 3.8) is 0 Å². The average molecular weight is 404 g/mol. The fourth-order valence-corrected chi connectivity index (χ4v) is 3.37. The van der Waals surface area contributed by atoms with Gasteiger partial charge < -0.3 is 19.7 Å². The molecule has 0 aliphatic carbocycles. The largest absolute Gasteiger partial charge is 0.497 e. The summed E-state index contributed by atoms with van der Waals surface area (Å²) in [7, 11) is 1.64. The number of hydrogen-bond donors (Lipinski definition) is 1. The fraction of sp³-hybridized carbons (Fsp3) is 0.261. The van der Waals surface area contributed by atoms with Gasteiger partial charge in [-0.25, -0.2) is 9.97 Å². The number of nitrogens with zero attached hydrogens (tertiary/aromatic N) is 3. The van der Waals surface area contributed by atoms with Crippen LogP contribution in [0.3, 0.4) is 0 Å². The second-order valence-corrected chi connectivity index (χ2v) is 7.16. The van der Waals surface area contributed by atoms with Crippen LogP contribution in [-0.2, 0) is 4.74 Å². The molecule has 30 heavy (non-hydrogen) atoms. The summed E-state index contributed by atoms with van der Waals surface area (Å²) in [5, 5.41) is 3.17. The molecule has 154 valence electrons. The van der Waals surface area contributed by atoms with Crippen molar-refractivity contribution >= 4 is 17.5 Å². The maximum atomic E-state index is 12.8. The lowest BCUT2D eigenvalue weighted by Gasteiger charge is -2.31. The van der Waals surface area contributed by atoms with Crippen molar-refractivity contribution in [1.29, 1.82) is 0 Å². The number of morpholine rings is 1. The Labute approximate surface area is 175 Å². The van der Waals surface area contributed by atoms with E-state index in [0.717, 1.165) is 22.6 Å². The predicted octanol–water partition coefficient (Wildman–Crippen LogP) is 3.76. The summed E-state index contributed by atoms with van der Waals surface area (Å²) < 4.78 is 10.7. The summed E-state index contributed by atoms with van der Waals surface area (Å²) in [4.78, 5) is 23.4. The molecule has 0 bridgehead atoms. The molecule has 1 unspecified atom stereocenters. The number of methoxy groups -OCH3 is 1. The number of carbonyl (C=O) groups is 1. The Morgan fingerprint density at radius 3 is 2.60 bits per heavy atom. The van der Waals surface area contributed by atoms with Gasteiger partial charge in [-0.2, -0.15) is 0 Å². The molecule has 4 rings (SSSR count). The average Bonchev–Trinajstić information content (AvgIpc) is 2.79. The van der Waals surface area contributed by atoms with Gasteiger partial charge in [-0.3, -0.25) is 4.79 Å². The molecule has 1 atom stereocenters. The highest BCUT2D eigenvalue weighted by Crippen LogP contribution is 2.22. The van der Waals surface area contributed by atoms with Crippen LogP contribution in [0.4, 0.5) is 11.6 Å². The number of hydrogen-bond acceptors (Lipinski definition) is 6. The molecule has 1 saturated heterocycles. The van der Waals surface area contributed by atoms with Gasteiger partial charge in [0.05, 0.1) is 19.8 Å². The lowest BCUT2D eigenvalue weighted by atomic mass is 10.1. The summed E-state index contributed by atoms with van der Waals surface area (Å²) in [6.07, 6.45) is 3.59. The number of benzene rings is 2. The third-order valence-corrected chi connectivity index (χ3v) is 4.97. The summed E-state index contributed by atoms with van der Waals surface area (Å²) in [6.45, 7) is 3.76. The molecule has 7 nitrogen and oxygen atoms in total. The van der Waals surface area contributed by atoms with Crippen molar-refractivity contribution in [2.75, 3.05) is 32.1 Å². The minimum absolute atomic E-state index is 0.00423. The zero-order valence-electron chi connectivity index (χ0n) is 17.0. The molecular weight excluding hydrogens is 380 g/mol. The molecule has 2 aromatic carbocycles. The number of amides is 1. The van der Waals surface area contributed by atoms with E-state index in [9.17, 15) is 4.79 Å². The summed E-state index contributed by atoms with van der Waals surface area (Å²) >= 11 is 0. The Hall–Kier alpha value is -3.45. The number of anilines is 2. The number of rotatable bonds is 5. The van der Waals surface area contributed by atoms with E-state index in [-0.39, 0.29) is 12.0 Å². The molecule has 3 aromatic rings. The standard InChI is InChI=1S/C23H24N4O3/c1-16-15-27(10-11-30-16)22(28)18-4-3-5-20(12-18)26-23-24-13-19(14-25-23)17-6-8-21(29-2)9-7-17/h3-9,12-14,16H,10-11,15H2,1-2H3,(H,24,25,26). The van der Waals surface area contributed by atoms with E-state index in [2.05, 4.69) is 15.3 Å². The third kappa shape index (κ3) is 4.58. The van der Waals surface area contributed by atoms with Gasteiger partial charge in [0, 0.05) is 42.3 Å². The maximum Gasteiger partial charge on any atom is 0.254 e. The van der Waals surface area contributed by atoms with E-state index in [1.54, 1.807) is 19.5 Å². The van der Waals surface area contributed by atoms with Crippen LogP contribution < -0.4 is 10.1 Å². The molecule has 0 spiro atoms. The first kappa shape index (κ1) is 19.8. The lowest BCUT2D eigenvalue weighted by molar-refractivity contribution is -0.0124. The van der Waals surface area contributed by atoms with Gasteiger partial charge in [-0.05, 0) is 42.8 Å². The monoisotopic (exact) mass is 404 g/mol. The smallest absolute Gasteiger partial charge is 0.254 e. The van der Waals surface area contributed by atoms with Crippen LogP contribution in [0.1, 0.15) is 17.3 Å². The molecular formula is C23H24N4O3. The van der Waals surface area contributed by atoms with Crippen molar-refractivity contribution < 1.29 is 14.3 Å². The Kier molecular flexibility index (Phi) is 5.90. The molecule has 1 N–H and O–H groups in total. The lowest BCUT2D eigenvalue weighted by Crippen LogP contribution is -2.44. The minimum Gasteiger partial charge on any atom is -0.497 e. The highest BCUT2D eigenvalue weighted by molar-refractivity contribution is 5.95. The van der Waals surface area contributed by atoms with E-state index in [4.69, 9.17) is 9.47 Å². The number of nitrogens with one attached hydrogen (secondary N) is 1. The molecule has 1 aliphatic heterocycles. The van der Waals surface area contributed by atoms with E-state index in [0.29, 0.717) is 31.2 Å². The third-order valence-electron chi connectivity index (χ3n) is 4.97. The minimum atomic E-state index is 0.00423. The molecule has 7 heteroatoms. The van der Waals surface area contributed by atoms with Crippen LogP contribution in [0.2, 0.25) is 0 Å². The first-order valence-corrected chi connectivity index (χ1v) is 9.87. The van der Waals surface area contributed by atoms with E-state index in [1.807, 2.05) is 60.4 Å². The molecule has 1 aromatic heterocycles. The molecule has 0 radical (unpaired) electrons. The van der Waals surface area contributed by atoms with E-state index < -0.39 is 0 Å². The van der Waals surface area contributed by atoms with E-state index >= 15 is 0 Å². The summed E-state index contributed by atoms with van der Waals surface area (Å²) in [5.41, 5.74) is 3.31. The number of ether oxygens (including phenoxy) is 2. The zero-order valence-corrected chi connectivity index (χ0v) is 17.0. The maximum absolute atomic E-state index is 12.8. The predicted molar refractivity (Wildman–Crippen MR) is 115 cm³/mol. The van der Waals surface area contributed by atoms with Crippen molar-refractivity contribution in [3.8, 4) is 16.9 Å². The van der Waals surface area contributed by atoms with Crippen molar-refractivity contribution in [2.24, 2.45) is 0 Å². The van der Waals surface area contributed by atoms with Crippen LogP contribution in [0.15, 0.2) is 60.9 Å². The SMILES string of the molecule is COc1ccc(-c2cnc(Nc3cccc(C(=O)N4CCOC(C)C4)c3)nc2)cc1. The van der Waals surface area contributed by atoms with Crippen LogP contribution in [-0.4, -0.2) is 53.7 Å². The summed E-state index contributed by atoms with van der Waals surface area (Å²) in [6, 6.07) is 15.1. The Morgan fingerprint density at radius 2 is 1.90 bits per heavy atom. The Balaban J connectivity index is 1.45. The highest BCUT2D eigenvalue weighted by Gasteiger charge is 2.22. The molecule has 1 fully saturated rings. The molecule has 1 aliphatic rings. The van der Waals surface area contributed by atoms with Gasteiger partial charge in [0.2, 0.25) is 5.95 Å². The first-order valence-electron chi connectivity index (χ1n) is 9.87. The highest BCUT2D eigenvalue weighted by atomic mass is 16.5. The first-order chi connectivity index (χ1) is 14.6. The zero-order chi connectivity index (χ0) is 20.9. The second kappa shape index (κ2) is 8.92. The topological polar surface area (TPSA) is 76.6 Å². The van der Waals surface area contributed by atoms with Crippen molar-refractivity contribution in [1.82, 2.24) is 14.9 Å².